The molecule has 2 heterocycles. The first kappa shape index (κ1) is 21.2. The van der Waals surface area contributed by atoms with E-state index in [1.54, 1.807) is 7.11 Å². The molecule has 1 N–H and O–H groups in total. The number of piperazine rings is 2. The van der Waals surface area contributed by atoms with E-state index in [0.717, 1.165) is 45.8 Å². The third-order valence-corrected chi connectivity index (χ3v) is 6.53. The van der Waals surface area contributed by atoms with Crippen molar-refractivity contribution in [1.82, 2.24) is 10.2 Å². The molecule has 2 aromatic carbocycles. The molecular formula is C25H36N4O. The third kappa shape index (κ3) is 4.80. The number of nitrogens with zero attached hydrogens (tertiary/aromatic N) is 3. The first-order valence-electron chi connectivity index (χ1n) is 11.3. The normalized spacial score (nSPS) is 23.0. The summed E-state index contributed by atoms with van der Waals surface area (Å²) in [5.41, 5.74) is 5.34. The van der Waals surface area contributed by atoms with Gasteiger partial charge in [0, 0.05) is 81.9 Å². The first-order valence-corrected chi connectivity index (χ1v) is 11.3. The van der Waals surface area contributed by atoms with E-state index in [1.807, 2.05) is 0 Å². The van der Waals surface area contributed by atoms with Gasteiger partial charge in [0.2, 0.25) is 0 Å². The zero-order valence-corrected chi connectivity index (χ0v) is 18.7. The van der Waals surface area contributed by atoms with Gasteiger partial charge in [-0.25, -0.2) is 0 Å². The summed E-state index contributed by atoms with van der Waals surface area (Å²) in [4.78, 5) is 7.66. The van der Waals surface area contributed by atoms with Gasteiger partial charge in [-0.05, 0) is 37.6 Å². The topological polar surface area (TPSA) is 31.0 Å². The van der Waals surface area contributed by atoms with Crippen LogP contribution in [0, 0.1) is 0 Å². The van der Waals surface area contributed by atoms with Crippen molar-refractivity contribution in [2.24, 2.45) is 0 Å². The Morgan fingerprint density at radius 1 is 1.00 bits per heavy atom. The first-order chi connectivity index (χ1) is 14.7. The summed E-state index contributed by atoms with van der Waals surface area (Å²) in [6.45, 7) is 12.7. The molecule has 4 rings (SSSR count). The molecule has 2 aromatic rings. The Labute approximate surface area is 181 Å². The molecule has 0 aliphatic carbocycles. The maximum atomic E-state index is 5.59. The van der Waals surface area contributed by atoms with E-state index in [1.165, 1.54) is 22.5 Å². The highest BCUT2D eigenvalue weighted by Crippen LogP contribution is 2.30. The minimum Gasteiger partial charge on any atom is -0.380 e. The Kier molecular flexibility index (Phi) is 6.93. The van der Waals surface area contributed by atoms with Crippen molar-refractivity contribution in [2.75, 3.05) is 56.2 Å². The molecule has 2 atom stereocenters. The van der Waals surface area contributed by atoms with Gasteiger partial charge in [0.25, 0.3) is 0 Å². The zero-order valence-electron chi connectivity index (χ0n) is 18.7. The molecule has 0 saturated carbocycles. The van der Waals surface area contributed by atoms with Gasteiger partial charge in [0.1, 0.15) is 0 Å². The molecule has 5 heteroatoms. The molecule has 0 spiro atoms. The highest BCUT2D eigenvalue weighted by atomic mass is 16.5. The molecule has 0 bridgehead atoms. The summed E-state index contributed by atoms with van der Waals surface area (Å²) in [5, 5.41) is 3.48. The fourth-order valence-electron chi connectivity index (χ4n) is 4.82. The summed E-state index contributed by atoms with van der Waals surface area (Å²) in [7, 11) is 1.80. The van der Waals surface area contributed by atoms with E-state index in [0.29, 0.717) is 18.7 Å². The molecule has 162 valence electrons. The number of hydrogen-bond donors (Lipinski definition) is 1. The zero-order chi connectivity index (χ0) is 20.9. The number of nitrogens with one attached hydrogen (secondary N) is 1. The highest BCUT2D eigenvalue weighted by Gasteiger charge is 2.26. The van der Waals surface area contributed by atoms with Gasteiger partial charge in [0.05, 0.1) is 6.61 Å². The van der Waals surface area contributed by atoms with Crippen LogP contribution in [-0.4, -0.2) is 63.4 Å². The molecule has 2 aliphatic heterocycles. The molecule has 30 heavy (non-hydrogen) atoms. The van der Waals surface area contributed by atoms with Crippen molar-refractivity contribution < 1.29 is 4.74 Å². The molecule has 0 unspecified atom stereocenters. The Hall–Kier alpha value is -2.08. The summed E-state index contributed by atoms with van der Waals surface area (Å²) in [6.07, 6.45) is 0. The minimum atomic E-state index is 0.515. The highest BCUT2D eigenvalue weighted by molar-refractivity contribution is 5.62. The number of methoxy groups -OCH3 is 1. The van der Waals surface area contributed by atoms with E-state index >= 15 is 0 Å². The van der Waals surface area contributed by atoms with Crippen LogP contribution in [0.5, 0.6) is 0 Å². The van der Waals surface area contributed by atoms with Crippen LogP contribution in [0.1, 0.15) is 25.0 Å². The van der Waals surface area contributed by atoms with Crippen molar-refractivity contribution in [1.29, 1.82) is 0 Å². The smallest absolute Gasteiger partial charge is 0.0734 e. The van der Waals surface area contributed by atoms with Gasteiger partial charge in [0.15, 0.2) is 0 Å². The monoisotopic (exact) mass is 408 g/mol. The molecule has 0 aromatic heterocycles. The lowest BCUT2D eigenvalue weighted by Gasteiger charge is -2.42. The van der Waals surface area contributed by atoms with Gasteiger partial charge >= 0.3 is 0 Å². The van der Waals surface area contributed by atoms with E-state index in [2.05, 4.69) is 82.4 Å². The SMILES string of the molecule is COCc1cc(N2CCNC[C@H]2C)ccc1N1CCN(Cc2ccccc2)[C@@H](C)C1. The predicted octanol–water partition coefficient (Wildman–Crippen LogP) is 3.34. The lowest BCUT2D eigenvalue weighted by atomic mass is 10.1. The molecule has 2 fully saturated rings. The number of benzene rings is 2. The van der Waals surface area contributed by atoms with Gasteiger partial charge in [-0.2, -0.15) is 0 Å². The lowest BCUT2D eigenvalue weighted by molar-refractivity contribution is 0.177. The van der Waals surface area contributed by atoms with Crippen LogP contribution in [0.25, 0.3) is 0 Å². The van der Waals surface area contributed by atoms with Crippen LogP contribution < -0.4 is 15.1 Å². The van der Waals surface area contributed by atoms with Crippen LogP contribution in [0.3, 0.4) is 0 Å². The number of ether oxygens (including phenoxy) is 1. The molecule has 0 radical (unpaired) electrons. The third-order valence-electron chi connectivity index (χ3n) is 6.53. The van der Waals surface area contributed by atoms with Crippen LogP contribution in [-0.2, 0) is 17.9 Å². The lowest BCUT2D eigenvalue weighted by Crippen LogP contribution is -2.51. The molecular weight excluding hydrogens is 372 g/mol. The average molecular weight is 409 g/mol. The van der Waals surface area contributed by atoms with Crippen molar-refractivity contribution in [3.63, 3.8) is 0 Å². The van der Waals surface area contributed by atoms with Gasteiger partial charge < -0.3 is 19.9 Å². The van der Waals surface area contributed by atoms with E-state index in [-0.39, 0.29) is 0 Å². The van der Waals surface area contributed by atoms with Gasteiger partial charge in [-0.1, -0.05) is 30.3 Å². The fraction of sp³-hybridized carbons (Fsp3) is 0.520. The second-order valence-corrected chi connectivity index (χ2v) is 8.74. The maximum Gasteiger partial charge on any atom is 0.0734 e. The van der Waals surface area contributed by atoms with Crippen LogP contribution in [0.4, 0.5) is 11.4 Å². The quantitative estimate of drug-likeness (QED) is 0.792. The van der Waals surface area contributed by atoms with Gasteiger partial charge in [-0.15, -0.1) is 0 Å². The molecule has 0 amide bonds. The second-order valence-electron chi connectivity index (χ2n) is 8.74. The number of rotatable bonds is 6. The van der Waals surface area contributed by atoms with Crippen molar-refractivity contribution in [3.05, 3.63) is 59.7 Å². The van der Waals surface area contributed by atoms with Crippen LogP contribution >= 0.6 is 0 Å². The van der Waals surface area contributed by atoms with Crippen molar-refractivity contribution in [2.45, 2.75) is 39.1 Å². The van der Waals surface area contributed by atoms with Gasteiger partial charge in [-0.3, -0.25) is 4.90 Å². The summed E-state index contributed by atoms with van der Waals surface area (Å²) < 4.78 is 5.59. The number of anilines is 2. The van der Waals surface area contributed by atoms with E-state index in [4.69, 9.17) is 4.74 Å². The maximum absolute atomic E-state index is 5.59. The number of hydrogen-bond acceptors (Lipinski definition) is 5. The van der Waals surface area contributed by atoms with E-state index < -0.39 is 0 Å². The average Bonchev–Trinajstić information content (AvgIpc) is 2.76. The Morgan fingerprint density at radius 2 is 1.83 bits per heavy atom. The molecule has 2 aliphatic rings. The molecule has 2 saturated heterocycles. The van der Waals surface area contributed by atoms with Crippen molar-refractivity contribution >= 4 is 11.4 Å². The predicted molar refractivity (Wildman–Crippen MR) is 125 cm³/mol. The standard InChI is InChI=1S/C25H36N4O/c1-20-16-26-11-12-29(20)24-9-10-25(23(15-24)19-30-3)28-14-13-27(21(2)17-28)18-22-7-5-4-6-8-22/h4-10,15,20-21,26H,11-14,16-19H2,1-3H3/t20-,21+/m1/s1. The Morgan fingerprint density at radius 3 is 2.57 bits per heavy atom. The Bertz CT molecular complexity index is 812. The van der Waals surface area contributed by atoms with Crippen LogP contribution in [0.15, 0.2) is 48.5 Å². The molecule has 5 nitrogen and oxygen atoms in total. The minimum absolute atomic E-state index is 0.515. The fourth-order valence-corrected chi connectivity index (χ4v) is 4.82. The van der Waals surface area contributed by atoms with Crippen LogP contribution in [0.2, 0.25) is 0 Å². The van der Waals surface area contributed by atoms with E-state index in [9.17, 15) is 0 Å². The Balaban J connectivity index is 1.48. The summed E-state index contributed by atoms with van der Waals surface area (Å²) >= 11 is 0. The largest absolute Gasteiger partial charge is 0.380 e. The summed E-state index contributed by atoms with van der Waals surface area (Å²) in [6, 6.07) is 18.8. The summed E-state index contributed by atoms with van der Waals surface area (Å²) in [5.74, 6) is 0. The van der Waals surface area contributed by atoms with Crippen molar-refractivity contribution in [3.8, 4) is 0 Å². The second kappa shape index (κ2) is 9.82.